The van der Waals surface area contributed by atoms with E-state index in [1.54, 1.807) is 19.3 Å². The zero-order valence-electron chi connectivity index (χ0n) is 26.0. The van der Waals surface area contributed by atoms with Crippen molar-refractivity contribution < 1.29 is 0 Å². The largest absolute Gasteiger partial charge is 0.302 e. The van der Waals surface area contributed by atoms with Crippen LogP contribution in [0.2, 0.25) is 0 Å². The molecule has 2 fully saturated rings. The predicted molar refractivity (Wildman–Crippen MR) is 167 cm³/mol. The van der Waals surface area contributed by atoms with Crippen molar-refractivity contribution in [2.75, 3.05) is 39.3 Å². The predicted octanol–water partition coefficient (Wildman–Crippen LogP) is 10.6. The molecular weight excluding hydrogens is 448 g/mol. The second-order valence-electron chi connectivity index (χ2n) is 13.1. The summed E-state index contributed by atoms with van der Waals surface area (Å²) in [6.45, 7) is 12.7. The van der Waals surface area contributed by atoms with Gasteiger partial charge in [-0.3, -0.25) is 0 Å². The lowest BCUT2D eigenvalue weighted by molar-refractivity contribution is 0.217. The van der Waals surface area contributed by atoms with Gasteiger partial charge in [-0.05, 0) is 70.1 Å². The van der Waals surface area contributed by atoms with Crippen LogP contribution in [0, 0.1) is 11.8 Å². The Balaban J connectivity index is 1.41. The van der Waals surface area contributed by atoms with Gasteiger partial charge >= 0.3 is 0 Å². The average Bonchev–Trinajstić information content (AvgIpc) is 3.44. The van der Waals surface area contributed by atoms with Crippen LogP contribution in [0.25, 0.3) is 0 Å². The fourth-order valence-corrected chi connectivity index (χ4v) is 6.75. The third-order valence-corrected chi connectivity index (χ3v) is 9.56. The van der Waals surface area contributed by atoms with Crippen LogP contribution in [-0.4, -0.2) is 49.1 Å². The Bertz CT molecular complexity index is 472. The van der Waals surface area contributed by atoms with E-state index in [2.05, 4.69) is 23.6 Å². The van der Waals surface area contributed by atoms with Gasteiger partial charge in [-0.15, -0.1) is 0 Å². The smallest absolute Gasteiger partial charge is 0.0109 e. The first kappa shape index (κ1) is 33.1. The molecule has 220 valence electrons. The summed E-state index contributed by atoms with van der Waals surface area (Å²) in [6, 6.07) is 0. The molecule has 1 aliphatic carbocycles. The van der Waals surface area contributed by atoms with Gasteiger partial charge in [-0.25, -0.2) is 0 Å². The van der Waals surface area contributed by atoms with Gasteiger partial charge < -0.3 is 9.80 Å². The lowest BCUT2D eigenvalue weighted by atomic mass is 10.0. The van der Waals surface area contributed by atoms with E-state index in [9.17, 15) is 0 Å². The molecule has 0 spiro atoms. The van der Waals surface area contributed by atoms with Crippen molar-refractivity contribution in [3.05, 3.63) is 0 Å². The number of hydrogen-bond acceptors (Lipinski definition) is 2. The van der Waals surface area contributed by atoms with Crippen LogP contribution in [0.5, 0.6) is 0 Å². The third-order valence-electron chi connectivity index (χ3n) is 9.56. The van der Waals surface area contributed by atoms with E-state index in [4.69, 9.17) is 0 Å². The Morgan fingerprint density at radius 2 is 0.892 bits per heavy atom. The summed E-state index contributed by atoms with van der Waals surface area (Å²) in [6.07, 6.45) is 36.7. The van der Waals surface area contributed by atoms with Crippen molar-refractivity contribution in [1.82, 2.24) is 9.80 Å². The molecular formula is C35H70N2. The quantitative estimate of drug-likeness (QED) is 0.0950. The summed E-state index contributed by atoms with van der Waals surface area (Å²) in [5, 5.41) is 0. The minimum Gasteiger partial charge on any atom is -0.302 e. The number of nitrogens with zero attached hydrogens (tertiary/aromatic N) is 2. The normalized spacial score (nSPS) is 19.9. The molecule has 0 aromatic carbocycles. The van der Waals surface area contributed by atoms with Crippen molar-refractivity contribution >= 4 is 0 Å². The van der Waals surface area contributed by atoms with Gasteiger partial charge in [0, 0.05) is 13.1 Å². The molecule has 2 nitrogen and oxygen atoms in total. The monoisotopic (exact) mass is 519 g/mol. The van der Waals surface area contributed by atoms with Gasteiger partial charge in [0.2, 0.25) is 0 Å². The maximum atomic E-state index is 2.83. The Labute approximate surface area is 235 Å². The standard InChI is InChI=1S/C35H70N2/c1-3-5-7-9-11-13-17-21-27-36(31-32-37-29-23-24-30-37)28-22-18-14-12-16-20-26-35-33-34(35)25-19-15-10-8-6-4-2/h34-35H,3-33H2,1-2H3. The second-order valence-corrected chi connectivity index (χ2v) is 13.1. The van der Waals surface area contributed by atoms with E-state index in [0.29, 0.717) is 0 Å². The highest BCUT2D eigenvalue weighted by Gasteiger charge is 2.34. The first-order chi connectivity index (χ1) is 18.3. The Morgan fingerprint density at radius 1 is 0.486 bits per heavy atom. The molecule has 1 aliphatic heterocycles. The molecule has 37 heavy (non-hydrogen) atoms. The molecule has 1 saturated carbocycles. The molecule has 0 amide bonds. The van der Waals surface area contributed by atoms with Crippen LogP contribution in [0.1, 0.15) is 174 Å². The summed E-state index contributed by atoms with van der Waals surface area (Å²) in [7, 11) is 0. The number of hydrogen-bond donors (Lipinski definition) is 0. The highest BCUT2D eigenvalue weighted by Crippen LogP contribution is 2.45. The minimum absolute atomic E-state index is 1.12. The Kier molecular flexibility index (Phi) is 21.3. The summed E-state index contributed by atoms with van der Waals surface area (Å²) in [5.74, 6) is 2.25. The maximum Gasteiger partial charge on any atom is 0.0109 e. The third kappa shape index (κ3) is 18.8. The van der Waals surface area contributed by atoms with Gasteiger partial charge in [-0.1, -0.05) is 142 Å². The molecule has 2 unspecified atom stereocenters. The molecule has 0 bridgehead atoms. The van der Waals surface area contributed by atoms with Crippen molar-refractivity contribution in [2.24, 2.45) is 11.8 Å². The van der Waals surface area contributed by atoms with E-state index in [1.807, 2.05) is 0 Å². The SMILES string of the molecule is CCCCCCCCCCN(CCCCCCCCC1CC1CCCCCCCC)CCN1CCCC1. The molecule has 2 atom stereocenters. The Morgan fingerprint density at radius 3 is 1.35 bits per heavy atom. The molecule has 0 aromatic rings. The number of likely N-dealkylation sites (tertiary alicyclic amines) is 1. The van der Waals surface area contributed by atoms with Gasteiger partial charge in [-0.2, -0.15) is 0 Å². The number of rotatable bonds is 28. The zero-order valence-corrected chi connectivity index (χ0v) is 26.0. The van der Waals surface area contributed by atoms with E-state index in [0.717, 1.165) is 11.8 Å². The molecule has 0 radical (unpaired) electrons. The molecule has 1 heterocycles. The second kappa shape index (κ2) is 23.8. The maximum absolute atomic E-state index is 2.83. The van der Waals surface area contributed by atoms with Crippen molar-refractivity contribution in [1.29, 1.82) is 0 Å². The summed E-state index contributed by atoms with van der Waals surface area (Å²) in [4.78, 5) is 5.53. The number of unbranched alkanes of at least 4 members (excludes halogenated alkanes) is 17. The van der Waals surface area contributed by atoms with Crippen LogP contribution < -0.4 is 0 Å². The van der Waals surface area contributed by atoms with Crippen LogP contribution in [0.4, 0.5) is 0 Å². The van der Waals surface area contributed by atoms with Gasteiger partial charge in [0.25, 0.3) is 0 Å². The van der Waals surface area contributed by atoms with Gasteiger partial charge in [0.05, 0.1) is 0 Å². The average molecular weight is 519 g/mol. The summed E-state index contributed by atoms with van der Waals surface area (Å²) >= 11 is 0. The molecule has 1 saturated heterocycles. The highest BCUT2D eigenvalue weighted by molar-refractivity contribution is 4.85. The fraction of sp³-hybridized carbons (Fsp3) is 1.00. The lowest BCUT2D eigenvalue weighted by Gasteiger charge is -2.25. The summed E-state index contributed by atoms with van der Waals surface area (Å²) in [5.41, 5.74) is 0. The first-order valence-electron chi connectivity index (χ1n) is 17.8. The molecule has 2 heteroatoms. The van der Waals surface area contributed by atoms with E-state index in [-0.39, 0.29) is 0 Å². The molecule has 0 N–H and O–H groups in total. The van der Waals surface area contributed by atoms with E-state index >= 15 is 0 Å². The topological polar surface area (TPSA) is 6.48 Å². The fourth-order valence-electron chi connectivity index (χ4n) is 6.75. The molecule has 2 aliphatic rings. The van der Waals surface area contributed by atoms with E-state index < -0.39 is 0 Å². The van der Waals surface area contributed by atoms with Crippen molar-refractivity contribution in [3.63, 3.8) is 0 Å². The van der Waals surface area contributed by atoms with Crippen molar-refractivity contribution in [2.45, 2.75) is 174 Å². The Hall–Kier alpha value is -0.0800. The minimum atomic E-state index is 1.12. The van der Waals surface area contributed by atoms with Crippen LogP contribution in [0.15, 0.2) is 0 Å². The zero-order chi connectivity index (χ0) is 26.2. The van der Waals surface area contributed by atoms with Crippen LogP contribution in [0.3, 0.4) is 0 Å². The van der Waals surface area contributed by atoms with Gasteiger partial charge in [0.1, 0.15) is 0 Å². The lowest BCUT2D eigenvalue weighted by Crippen LogP contribution is -2.35. The first-order valence-corrected chi connectivity index (χ1v) is 17.8. The molecule has 0 aromatic heterocycles. The highest BCUT2D eigenvalue weighted by atomic mass is 15.2. The van der Waals surface area contributed by atoms with Crippen LogP contribution in [-0.2, 0) is 0 Å². The van der Waals surface area contributed by atoms with Gasteiger partial charge in [0.15, 0.2) is 0 Å². The summed E-state index contributed by atoms with van der Waals surface area (Å²) < 4.78 is 0. The van der Waals surface area contributed by atoms with Crippen LogP contribution >= 0.6 is 0 Å². The molecule has 2 rings (SSSR count). The van der Waals surface area contributed by atoms with Crippen molar-refractivity contribution in [3.8, 4) is 0 Å². The van der Waals surface area contributed by atoms with E-state index in [1.165, 1.54) is 181 Å².